The minimum atomic E-state index is -0.469. The number of nitriles is 1. The molecule has 0 heterocycles. The van der Waals surface area contributed by atoms with E-state index in [1.807, 2.05) is 6.92 Å². The standard InChI is InChI=1S/C6H11NOSi/c1-6(2)8-9-5-3-4-7/h1,3,5,9H2,2H3. The highest BCUT2D eigenvalue weighted by atomic mass is 28.2. The summed E-state index contributed by atoms with van der Waals surface area (Å²) in [7, 11) is -0.469. The smallest absolute Gasteiger partial charge is 0.220 e. The van der Waals surface area contributed by atoms with E-state index < -0.39 is 9.76 Å². The maximum absolute atomic E-state index is 8.13. The van der Waals surface area contributed by atoms with Crippen molar-refractivity contribution in [2.24, 2.45) is 0 Å². The summed E-state index contributed by atoms with van der Waals surface area (Å²) in [5.74, 6) is 0.777. The van der Waals surface area contributed by atoms with Gasteiger partial charge in [0.05, 0.1) is 11.8 Å². The van der Waals surface area contributed by atoms with Gasteiger partial charge in [-0.25, -0.2) is 0 Å². The zero-order chi connectivity index (χ0) is 7.11. The van der Waals surface area contributed by atoms with Crippen molar-refractivity contribution in [3.63, 3.8) is 0 Å². The van der Waals surface area contributed by atoms with Gasteiger partial charge in [0.1, 0.15) is 0 Å². The zero-order valence-corrected chi connectivity index (χ0v) is 7.10. The summed E-state index contributed by atoms with van der Waals surface area (Å²) in [4.78, 5) is 0. The number of allylic oxidation sites excluding steroid dienone is 1. The molecule has 0 saturated carbocycles. The lowest BCUT2D eigenvalue weighted by Crippen LogP contribution is -1.93. The van der Waals surface area contributed by atoms with Gasteiger partial charge in [-0.1, -0.05) is 6.58 Å². The van der Waals surface area contributed by atoms with E-state index in [-0.39, 0.29) is 0 Å². The quantitative estimate of drug-likeness (QED) is 0.332. The van der Waals surface area contributed by atoms with E-state index in [4.69, 9.17) is 9.69 Å². The van der Waals surface area contributed by atoms with Gasteiger partial charge in [0.2, 0.25) is 9.76 Å². The molecule has 0 aliphatic rings. The Morgan fingerprint density at radius 3 is 3.00 bits per heavy atom. The maximum Gasteiger partial charge on any atom is 0.220 e. The molecule has 3 heteroatoms. The van der Waals surface area contributed by atoms with Gasteiger partial charge >= 0.3 is 0 Å². The molecule has 2 nitrogen and oxygen atoms in total. The van der Waals surface area contributed by atoms with Crippen molar-refractivity contribution >= 4 is 9.76 Å². The third-order valence-corrected chi connectivity index (χ3v) is 2.12. The normalized spacial score (nSPS) is 9.33. The average Bonchev–Trinajstić information content (AvgIpc) is 1.80. The summed E-state index contributed by atoms with van der Waals surface area (Å²) in [6.07, 6.45) is 0.625. The van der Waals surface area contributed by atoms with Crippen LogP contribution in [0.2, 0.25) is 6.04 Å². The number of hydrogen-bond donors (Lipinski definition) is 0. The maximum atomic E-state index is 8.13. The van der Waals surface area contributed by atoms with E-state index in [0.717, 1.165) is 11.8 Å². The lowest BCUT2D eigenvalue weighted by molar-refractivity contribution is 0.457. The van der Waals surface area contributed by atoms with Gasteiger partial charge < -0.3 is 4.43 Å². The van der Waals surface area contributed by atoms with Crippen molar-refractivity contribution in [3.05, 3.63) is 12.3 Å². The molecule has 0 fully saturated rings. The molecule has 0 aliphatic carbocycles. The second-order valence-electron chi connectivity index (χ2n) is 1.81. The molecule has 0 aliphatic heterocycles. The van der Waals surface area contributed by atoms with Crippen LogP contribution in [0.5, 0.6) is 0 Å². The largest absolute Gasteiger partial charge is 0.553 e. The Morgan fingerprint density at radius 1 is 1.89 bits per heavy atom. The Balaban J connectivity index is 2.94. The molecule has 0 aromatic rings. The first-order chi connectivity index (χ1) is 4.27. The van der Waals surface area contributed by atoms with Gasteiger partial charge in [0.25, 0.3) is 0 Å². The van der Waals surface area contributed by atoms with Crippen molar-refractivity contribution in [2.45, 2.75) is 19.4 Å². The highest BCUT2D eigenvalue weighted by Crippen LogP contribution is 1.92. The third-order valence-electron chi connectivity index (χ3n) is 0.781. The van der Waals surface area contributed by atoms with Gasteiger partial charge in [-0.05, 0) is 13.0 Å². The minimum absolute atomic E-state index is 0.469. The van der Waals surface area contributed by atoms with E-state index in [1.165, 1.54) is 0 Å². The lowest BCUT2D eigenvalue weighted by atomic mass is 10.6. The van der Waals surface area contributed by atoms with E-state index in [9.17, 15) is 0 Å². The monoisotopic (exact) mass is 141 g/mol. The predicted octanol–water partition coefficient (Wildman–Crippen LogP) is 0.952. The van der Waals surface area contributed by atoms with Crippen LogP contribution >= 0.6 is 0 Å². The molecule has 0 amide bonds. The first-order valence-corrected chi connectivity index (χ1v) is 4.50. The highest BCUT2D eigenvalue weighted by Gasteiger charge is 1.87. The van der Waals surface area contributed by atoms with Gasteiger partial charge in [0.15, 0.2) is 0 Å². The Bertz CT molecular complexity index is 128. The topological polar surface area (TPSA) is 33.0 Å². The molecule has 0 unspecified atom stereocenters. The second-order valence-corrected chi connectivity index (χ2v) is 3.22. The molecule has 0 rings (SSSR count). The molecule has 50 valence electrons. The molecule has 0 bridgehead atoms. The van der Waals surface area contributed by atoms with Crippen LogP contribution in [0.1, 0.15) is 13.3 Å². The van der Waals surface area contributed by atoms with Crippen LogP contribution in [0.15, 0.2) is 12.3 Å². The van der Waals surface area contributed by atoms with Crippen molar-refractivity contribution in [1.82, 2.24) is 0 Å². The summed E-state index contributed by atoms with van der Waals surface area (Å²) in [6.45, 7) is 5.42. The third kappa shape index (κ3) is 7.25. The van der Waals surface area contributed by atoms with Crippen LogP contribution in [0.3, 0.4) is 0 Å². The molecule has 0 spiro atoms. The first-order valence-electron chi connectivity index (χ1n) is 2.92. The first kappa shape index (κ1) is 8.25. The van der Waals surface area contributed by atoms with E-state index in [0.29, 0.717) is 6.42 Å². The molecular formula is C6H11NOSi. The van der Waals surface area contributed by atoms with E-state index in [2.05, 4.69) is 12.6 Å². The van der Waals surface area contributed by atoms with Gasteiger partial charge in [-0.15, -0.1) is 0 Å². The van der Waals surface area contributed by atoms with Crippen molar-refractivity contribution in [1.29, 1.82) is 5.26 Å². The fourth-order valence-corrected chi connectivity index (χ4v) is 1.19. The van der Waals surface area contributed by atoms with Crippen LogP contribution < -0.4 is 0 Å². The summed E-state index contributed by atoms with van der Waals surface area (Å²) in [6, 6.07) is 3.00. The SMILES string of the molecule is C=C(C)O[SiH2]CCC#N. The van der Waals surface area contributed by atoms with Crippen LogP contribution in [0.4, 0.5) is 0 Å². The molecule has 0 radical (unpaired) electrons. The van der Waals surface area contributed by atoms with Crippen LogP contribution in [0, 0.1) is 11.3 Å². The van der Waals surface area contributed by atoms with Crippen molar-refractivity contribution in [2.75, 3.05) is 0 Å². The van der Waals surface area contributed by atoms with Gasteiger partial charge in [-0.2, -0.15) is 5.26 Å². The molecule has 0 aromatic heterocycles. The van der Waals surface area contributed by atoms with Crippen LogP contribution in [-0.4, -0.2) is 9.76 Å². The zero-order valence-electron chi connectivity index (χ0n) is 5.68. The van der Waals surface area contributed by atoms with E-state index in [1.54, 1.807) is 0 Å². The van der Waals surface area contributed by atoms with Crippen molar-refractivity contribution in [3.8, 4) is 6.07 Å². The second kappa shape index (κ2) is 5.38. The fourth-order valence-electron chi connectivity index (χ4n) is 0.398. The Hall–Kier alpha value is -0.753. The predicted molar refractivity (Wildman–Crippen MR) is 39.5 cm³/mol. The van der Waals surface area contributed by atoms with Crippen LogP contribution in [-0.2, 0) is 4.43 Å². The highest BCUT2D eigenvalue weighted by molar-refractivity contribution is 6.27. The fraction of sp³-hybridized carbons (Fsp3) is 0.500. The number of hydrogen-bond acceptors (Lipinski definition) is 2. The molecule has 0 saturated heterocycles. The molecular weight excluding hydrogens is 130 g/mol. The Kier molecular flexibility index (Phi) is 4.93. The lowest BCUT2D eigenvalue weighted by Gasteiger charge is -2.00. The molecule has 0 N–H and O–H groups in total. The van der Waals surface area contributed by atoms with Crippen molar-refractivity contribution < 1.29 is 4.43 Å². The summed E-state index contributed by atoms with van der Waals surface area (Å²) >= 11 is 0. The summed E-state index contributed by atoms with van der Waals surface area (Å²) in [5, 5.41) is 8.13. The van der Waals surface area contributed by atoms with E-state index >= 15 is 0 Å². The average molecular weight is 141 g/mol. The number of rotatable bonds is 4. The Morgan fingerprint density at radius 2 is 2.56 bits per heavy atom. The summed E-state index contributed by atoms with van der Waals surface area (Å²) < 4.78 is 5.14. The molecule has 9 heavy (non-hydrogen) atoms. The number of nitrogens with zero attached hydrogens (tertiary/aromatic N) is 1. The summed E-state index contributed by atoms with van der Waals surface area (Å²) in [5.41, 5.74) is 0. The minimum Gasteiger partial charge on any atom is -0.553 e. The van der Waals surface area contributed by atoms with Gasteiger partial charge in [-0.3, -0.25) is 0 Å². The van der Waals surface area contributed by atoms with Gasteiger partial charge in [0, 0.05) is 6.42 Å². The molecule has 0 aromatic carbocycles. The Labute approximate surface area is 58.1 Å². The molecule has 0 atom stereocenters. The van der Waals surface area contributed by atoms with Crippen LogP contribution in [0.25, 0.3) is 0 Å².